The molecule has 0 aliphatic rings. The number of benzene rings is 1. The van der Waals surface area contributed by atoms with Crippen molar-refractivity contribution in [2.75, 3.05) is 7.11 Å². The van der Waals surface area contributed by atoms with E-state index < -0.39 is 11.7 Å². The monoisotopic (exact) mass is 231 g/mol. The largest absolute Gasteiger partial charge is 0.416 e. The fourth-order valence-corrected chi connectivity index (χ4v) is 1.07. The Morgan fingerprint density at radius 2 is 1.88 bits per heavy atom. The average molecular weight is 231 g/mol. The molecule has 0 aliphatic carbocycles. The third-order valence-corrected chi connectivity index (χ3v) is 1.81. The topological polar surface area (TPSA) is 38.7 Å². The molecule has 0 saturated carbocycles. The second kappa shape index (κ2) is 4.78. The van der Waals surface area contributed by atoms with Crippen LogP contribution in [0.25, 0.3) is 0 Å². The van der Waals surface area contributed by atoms with E-state index in [1.807, 2.05) is 0 Å². The maximum atomic E-state index is 12.2. The number of nitrogens with zero attached hydrogens (tertiary/aromatic N) is 1. The number of aldehydes is 1. The van der Waals surface area contributed by atoms with Crippen molar-refractivity contribution < 1.29 is 22.8 Å². The Morgan fingerprint density at radius 3 is 2.25 bits per heavy atom. The Kier molecular flexibility index (Phi) is 3.65. The summed E-state index contributed by atoms with van der Waals surface area (Å²) in [6, 6.07) is 4.08. The Bertz CT molecular complexity index is 396. The molecule has 1 aromatic rings. The Labute approximate surface area is 89.5 Å². The molecule has 0 atom stereocenters. The third kappa shape index (κ3) is 2.82. The molecule has 86 valence electrons. The van der Waals surface area contributed by atoms with Crippen molar-refractivity contribution in [3.05, 3.63) is 35.4 Å². The lowest BCUT2D eigenvalue weighted by Crippen LogP contribution is -2.07. The Morgan fingerprint density at radius 1 is 1.31 bits per heavy atom. The van der Waals surface area contributed by atoms with Crippen LogP contribution in [0.4, 0.5) is 13.2 Å². The fraction of sp³-hybridized carbons (Fsp3) is 0.200. The van der Waals surface area contributed by atoms with Crippen molar-refractivity contribution in [1.82, 2.24) is 0 Å². The zero-order valence-corrected chi connectivity index (χ0v) is 8.28. The van der Waals surface area contributed by atoms with Crippen molar-refractivity contribution in [2.24, 2.45) is 5.16 Å². The number of hydrogen-bond acceptors (Lipinski definition) is 3. The molecule has 0 aromatic heterocycles. The molecule has 0 aliphatic heterocycles. The summed E-state index contributed by atoms with van der Waals surface area (Å²) in [5, 5.41) is 3.37. The lowest BCUT2D eigenvalue weighted by atomic mass is 10.1. The second-order valence-corrected chi connectivity index (χ2v) is 2.85. The van der Waals surface area contributed by atoms with E-state index in [-0.39, 0.29) is 11.3 Å². The number of rotatable bonds is 3. The molecule has 0 fully saturated rings. The summed E-state index contributed by atoms with van der Waals surface area (Å²) in [4.78, 5) is 14.9. The highest BCUT2D eigenvalue weighted by Crippen LogP contribution is 2.29. The minimum absolute atomic E-state index is 0.0591. The molecule has 3 nitrogen and oxygen atoms in total. The summed E-state index contributed by atoms with van der Waals surface area (Å²) in [6.07, 6.45) is -3.98. The van der Waals surface area contributed by atoms with E-state index in [1.54, 1.807) is 0 Å². The zero-order chi connectivity index (χ0) is 12.2. The van der Waals surface area contributed by atoms with Crippen LogP contribution in [0.3, 0.4) is 0 Å². The van der Waals surface area contributed by atoms with Crippen LogP contribution in [0.5, 0.6) is 0 Å². The van der Waals surface area contributed by atoms with Gasteiger partial charge < -0.3 is 4.84 Å². The van der Waals surface area contributed by atoms with Crippen molar-refractivity contribution in [3.63, 3.8) is 0 Å². The minimum Gasteiger partial charge on any atom is -0.399 e. The number of halogens is 3. The molecule has 0 N–H and O–H groups in total. The Hall–Kier alpha value is -1.85. The van der Waals surface area contributed by atoms with E-state index in [4.69, 9.17) is 0 Å². The van der Waals surface area contributed by atoms with Crippen LogP contribution in [0, 0.1) is 0 Å². The predicted octanol–water partition coefficient (Wildman–Crippen LogP) is 2.25. The van der Waals surface area contributed by atoms with Gasteiger partial charge in [0.1, 0.15) is 12.8 Å². The van der Waals surface area contributed by atoms with Crippen LogP contribution in [0.1, 0.15) is 11.1 Å². The summed E-state index contributed by atoms with van der Waals surface area (Å²) < 4.78 is 36.7. The van der Waals surface area contributed by atoms with E-state index in [0.717, 1.165) is 24.3 Å². The molecular formula is C10H8F3NO2. The molecule has 0 radical (unpaired) electrons. The normalized spacial score (nSPS) is 12.4. The van der Waals surface area contributed by atoms with Gasteiger partial charge in [-0.25, -0.2) is 0 Å². The Balaban J connectivity index is 3.03. The van der Waals surface area contributed by atoms with Gasteiger partial charge in [-0.3, -0.25) is 4.79 Å². The molecule has 0 heterocycles. The molecule has 1 rings (SSSR count). The van der Waals surface area contributed by atoms with Gasteiger partial charge in [0.25, 0.3) is 0 Å². The van der Waals surface area contributed by atoms with Crippen molar-refractivity contribution >= 4 is 12.0 Å². The lowest BCUT2D eigenvalue weighted by molar-refractivity contribution is -0.137. The standard InChI is InChI=1S/C10H8F3NO2/c1-16-14-9(6-15)7-2-4-8(5-3-7)10(11,12)13/h2-6H,1H3. The molecule has 0 saturated heterocycles. The zero-order valence-electron chi connectivity index (χ0n) is 8.28. The van der Waals surface area contributed by atoms with Gasteiger partial charge in [-0.15, -0.1) is 0 Å². The lowest BCUT2D eigenvalue weighted by Gasteiger charge is -2.06. The molecule has 16 heavy (non-hydrogen) atoms. The maximum absolute atomic E-state index is 12.2. The summed E-state index contributed by atoms with van der Waals surface area (Å²) in [5.74, 6) is 0. The van der Waals surface area contributed by atoms with Crippen molar-refractivity contribution in [3.8, 4) is 0 Å². The fourth-order valence-electron chi connectivity index (χ4n) is 1.07. The van der Waals surface area contributed by atoms with E-state index >= 15 is 0 Å². The van der Waals surface area contributed by atoms with Gasteiger partial charge in [-0.05, 0) is 12.1 Å². The van der Waals surface area contributed by atoms with Gasteiger partial charge in [0.05, 0.1) is 5.56 Å². The summed E-state index contributed by atoms with van der Waals surface area (Å²) >= 11 is 0. The van der Waals surface area contributed by atoms with Crippen molar-refractivity contribution in [1.29, 1.82) is 0 Å². The average Bonchev–Trinajstić information content (AvgIpc) is 2.25. The molecule has 0 spiro atoms. The summed E-state index contributed by atoms with van der Waals surface area (Å²) in [5.41, 5.74) is -0.569. The van der Waals surface area contributed by atoms with Crippen LogP contribution in [-0.4, -0.2) is 19.1 Å². The smallest absolute Gasteiger partial charge is 0.399 e. The van der Waals surface area contributed by atoms with Gasteiger partial charge in [0.2, 0.25) is 0 Å². The second-order valence-electron chi connectivity index (χ2n) is 2.85. The third-order valence-electron chi connectivity index (χ3n) is 1.81. The predicted molar refractivity (Wildman–Crippen MR) is 51.1 cm³/mol. The van der Waals surface area contributed by atoms with Crippen LogP contribution in [0.15, 0.2) is 29.4 Å². The van der Waals surface area contributed by atoms with E-state index in [9.17, 15) is 18.0 Å². The first-order chi connectivity index (χ1) is 7.49. The number of oxime groups is 1. The number of carbonyl (C=O) groups is 1. The molecule has 0 amide bonds. The maximum Gasteiger partial charge on any atom is 0.416 e. The highest BCUT2D eigenvalue weighted by Gasteiger charge is 2.30. The van der Waals surface area contributed by atoms with Crippen LogP contribution < -0.4 is 0 Å². The SMILES string of the molecule is CON=C(C=O)c1ccc(C(F)(F)F)cc1. The van der Waals surface area contributed by atoms with E-state index in [0.29, 0.717) is 6.29 Å². The molecule has 1 aromatic carbocycles. The first kappa shape index (κ1) is 12.2. The van der Waals surface area contributed by atoms with Crippen LogP contribution in [-0.2, 0) is 15.8 Å². The van der Waals surface area contributed by atoms with Crippen LogP contribution >= 0.6 is 0 Å². The molecule has 6 heteroatoms. The van der Waals surface area contributed by atoms with Gasteiger partial charge in [-0.1, -0.05) is 17.3 Å². The summed E-state index contributed by atoms with van der Waals surface area (Å²) in [6.45, 7) is 0. The van der Waals surface area contributed by atoms with Gasteiger partial charge in [-0.2, -0.15) is 13.2 Å². The van der Waals surface area contributed by atoms with Crippen LogP contribution in [0.2, 0.25) is 0 Å². The highest BCUT2D eigenvalue weighted by molar-refractivity contribution is 6.36. The molecule has 0 bridgehead atoms. The molecular weight excluding hydrogens is 223 g/mol. The number of alkyl halides is 3. The first-order valence-corrected chi connectivity index (χ1v) is 4.23. The molecule has 0 unspecified atom stereocenters. The van der Waals surface area contributed by atoms with Gasteiger partial charge in [0, 0.05) is 5.56 Å². The number of carbonyl (C=O) groups excluding carboxylic acids is 1. The van der Waals surface area contributed by atoms with Gasteiger partial charge >= 0.3 is 6.18 Å². The van der Waals surface area contributed by atoms with Gasteiger partial charge in [0.15, 0.2) is 6.29 Å². The highest BCUT2D eigenvalue weighted by atomic mass is 19.4. The van der Waals surface area contributed by atoms with E-state index in [2.05, 4.69) is 9.99 Å². The van der Waals surface area contributed by atoms with Crippen molar-refractivity contribution in [2.45, 2.75) is 6.18 Å². The first-order valence-electron chi connectivity index (χ1n) is 4.23. The quantitative estimate of drug-likeness (QED) is 0.454. The summed E-state index contributed by atoms with van der Waals surface area (Å²) in [7, 11) is 1.24. The van der Waals surface area contributed by atoms with E-state index in [1.165, 1.54) is 7.11 Å². The number of hydrogen-bond donors (Lipinski definition) is 0. The minimum atomic E-state index is -4.39.